The normalized spacial score (nSPS) is 12.1. The van der Waals surface area contributed by atoms with Crippen LogP contribution in [0, 0.1) is 24.2 Å². The Morgan fingerprint density at radius 3 is 2.46 bits per heavy atom. The van der Waals surface area contributed by atoms with Crippen molar-refractivity contribution in [1.29, 1.82) is 5.26 Å². The zero-order chi connectivity index (χ0) is 28.3. The monoisotopic (exact) mass is 534 g/mol. The molecule has 0 aliphatic heterocycles. The summed E-state index contributed by atoms with van der Waals surface area (Å²) in [5.41, 5.74) is 2.71. The van der Waals surface area contributed by atoms with Gasteiger partial charge < -0.3 is 15.1 Å². The van der Waals surface area contributed by atoms with Crippen LogP contribution in [0.15, 0.2) is 59.0 Å². The van der Waals surface area contributed by atoms with Gasteiger partial charge in [-0.1, -0.05) is 48.0 Å². The maximum absolute atomic E-state index is 13.2. The first-order valence-corrected chi connectivity index (χ1v) is 12.1. The van der Waals surface area contributed by atoms with E-state index in [2.05, 4.69) is 15.6 Å². The van der Waals surface area contributed by atoms with Gasteiger partial charge in [0.05, 0.1) is 22.9 Å². The van der Waals surface area contributed by atoms with Crippen molar-refractivity contribution in [2.75, 3.05) is 18.9 Å². The van der Waals surface area contributed by atoms with Crippen molar-refractivity contribution in [3.63, 3.8) is 0 Å². The van der Waals surface area contributed by atoms with Crippen LogP contribution in [0.25, 0.3) is 33.6 Å². The maximum atomic E-state index is 13.2. The van der Waals surface area contributed by atoms with Crippen LogP contribution in [0.5, 0.6) is 0 Å². The second-order valence-corrected chi connectivity index (χ2v) is 9.20. The minimum Gasteiger partial charge on any atom is -0.437 e. The lowest BCUT2D eigenvalue weighted by atomic mass is 9.96. The summed E-state index contributed by atoms with van der Waals surface area (Å²) in [6.07, 6.45) is -4.53. The van der Waals surface area contributed by atoms with E-state index >= 15 is 0 Å². The number of carbonyl (C=O) groups excluding carboxylic acids is 2. The first-order valence-electron chi connectivity index (χ1n) is 12.1. The van der Waals surface area contributed by atoms with Gasteiger partial charge in [-0.15, -0.1) is 0 Å². The molecule has 0 aliphatic rings. The molecule has 2 aromatic carbocycles. The van der Waals surface area contributed by atoms with Crippen molar-refractivity contribution >= 4 is 28.6 Å². The molecule has 2 heterocycles. The Morgan fingerprint density at radius 1 is 1.10 bits per heavy atom. The van der Waals surface area contributed by atoms with E-state index in [9.17, 15) is 22.8 Å². The number of ketones is 1. The van der Waals surface area contributed by atoms with Crippen LogP contribution in [0.4, 0.5) is 19.0 Å². The molecule has 1 unspecified atom stereocenters. The Balaban J connectivity index is 1.93. The number of nitriles is 1. The molecule has 1 atom stereocenters. The van der Waals surface area contributed by atoms with Gasteiger partial charge in [-0.3, -0.25) is 9.59 Å². The highest BCUT2D eigenvalue weighted by Crippen LogP contribution is 2.38. The Hall–Kier alpha value is -4.65. The number of rotatable bonds is 8. The predicted molar refractivity (Wildman–Crippen MR) is 141 cm³/mol. The van der Waals surface area contributed by atoms with E-state index in [1.165, 1.54) is 19.2 Å². The van der Waals surface area contributed by atoms with E-state index in [-0.39, 0.29) is 40.6 Å². The van der Waals surface area contributed by atoms with Crippen LogP contribution >= 0.6 is 0 Å². The van der Waals surface area contributed by atoms with Crippen LogP contribution in [0.3, 0.4) is 0 Å². The summed E-state index contributed by atoms with van der Waals surface area (Å²) in [6.45, 7) is 2.18. The summed E-state index contributed by atoms with van der Waals surface area (Å²) < 4.78 is 45.4. The number of benzene rings is 2. The molecule has 0 spiro atoms. The SMILES string of the molecule is CNC(=O)c1c(-c2ccc(C)cc2)oc2nc(NCC(F)(F)F)c(-c3cccc(C(=O)CC(C)C#N)c3)cc12. The predicted octanol–water partition coefficient (Wildman–Crippen LogP) is 6.54. The van der Waals surface area contributed by atoms with Crippen LogP contribution in [0.2, 0.25) is 0 Å². The average Bonchev–Trinajstić information content (AvgIpc) is 3.29. The van der Waals surface area contributed by atoms with Crippen molar-refractivity contribution in [3.05, 3.63) is 71.3 Å². The molecular weight excluding hydrogens is 509 g/mol. The fourth-order valence-electron chi connectivity index (χ4n) is 4.12. The number of aryl methyl sites for hydroxylation is 1. The molecule has 7 nitrogen and oxygen atoms in total. The topological polar surface area (TPSA) is 108 Å². The maximum Gasteiger partial charge on any atom is 0.405 e. The highest BCUT2D eigenvalue weighted by molar-refractivity contribution is 6.11. The zero-order valence-electron chi connectivity index (χ0n) is 21.4. The molecule has 0 saturated heterocycles. The molecule has 10 heteroatoms. The average molecular weight is 535 g/mol. The van der Waals surface area contributed by atoms with Crippen LogP contribution in [-0.2, 0) is 0 Å². The van der Waals surface area contributed by atoms with E-state index < -0.39 is 24.5 Å². The third-order valence-corrected chi connectivity index (χ3v) is 6.11. The second kappa shape index (κ2) is 11.0. The van der Waals surface area contributed by atoms with Crippen LogP contribution in [0.1, 0.15) is 39.6 Å². The Labute approximate surface area is 222 Å². The molecule has 0 bridgehead atoms. The minimum atomic E-state index is -4.53. The summed E-state index contributed by atoms with van der Waals surface area (Å²) in [5.74, 6) is -1.12. The third kappa shape index (κ3) is 6.09. The van der Waals surface area contributed by atoms with Crippen molar-refractivity contribution in [3.8, 4) is 28.5 Å². The number of furan rings is 1. The van der Waals surface area contributed by atoms with Gasteiger partial charge in [0.25, 0.3) is 5.91 Å². The summed E-state index contributed by atoms with van der Waals surface area (Å²) in [4.78, 5) is 30.0. The molecule has 200 valence electrons. The highest BCUT2D eigenvalue weighted by atomic mass is 19.4. The Bertz CT molecular complexity index is 1580. The van der Waals surface area contributed by atoms with Crippen LogP contribution in [-0.4, -0.2) is 36.4 Å². The molecule has 39 heavy (non-hydrogen) atoms. The Kier molecular flexibility index (Phi) is 7.72. The lowest BCUT2D eigenvalue weighted by Crippen LogP contribution is -2.22. The number of pyridine rings is 1. The van der Waals surface area contributed by atoms with Crippen molar-refractivity contribution in [1.82, 2.24) is 10.3 Å². The van der Waals surface area contributed by atoms with E-state index in [0.717, 1.165) is 5.56 Å². The quantitative estimate of drug-likeness (QED) is 0.249. The molecule has 2 N–H and O–H groups in total. The fraction of sp³-hybridized carbons (Fsp3) is 0.241. The molecule has 4 aromatic rings. The summed E-state index contributed by atoms with van der Waals surface area (Å²) >= 11 is 0. The fourth-order valence-corrected chi connectivity index (χ4v) is 4.12. The minimum absolute atomic E-state index is 0.00111. The Morgan fingerprint density at radius 2 is 1.82 bits per heavy atom. The van der Waals surface area contributed by atoms with Crippen molar-refractivity contribution < 1.29 is 27.2 Å². The largest absolute Gasteiger partial charge is 0.437 e. The van der Waals surface area contributed by atoms with Gasteiger partial charge in [-0.2, -0.15) is 23.4 Å². The molecule has 0 aliphatic carbocycles. The molecule has 0 fully saturated rings. The zero-order valence-corrected chi connectivity index (χ0v) is 21.4. The number of hydrogen-bond donors (Lipinski definition) is 2. The summed E-state index contributed by atoms with van der Waals surface area (Å²) in [7, 11) is 1.46. The first kappa shape index (κ1) is 27.4. The smallest absolute Gasteiger partial charge is 0.405 e. The van der Waals surface area contributed by atoms with Gasteiger partial charge in [-0.05, 0) is 31.5 Å². The number of halogens is 3. The van der Waals surface area contributed by atoms with Gasteiger partial charge in [0.15, 0.2) is 5.78 Å². The van der Waals surface area contributed by atoms with Gasteiger partial charge in [0.1, 0.15) is 18.1 Å². The number of aromatic nitrogens is 1. The molecule has 0 radical (unpaired) electrons. The first-order chi connectivity index (χ1) is 18.5. The molecule has 2 aromatic heterocycles. The lowest BCUT2D eigenvalue weighted by Gasteiger charge is -2.14. The van der Waals surface area contributed by atoms with E-state index in [0.29, 0.717) is 22.1 Å². The molecule has 0 saturated carbocycles. The van der Waals surface area contributed by atoms with Gasteiger partial charge in [0.2, 0.25) is 5.71 Å². The van der Waals surface area contributed by atoms with Gasteiger partial charge in [0, 0.05) is 30.2 Å². The number of alkyl halides is 3. The molecule has 4 rings (SSSR count). The van der Waals surface area contributed by atoms with E-state index in [4.69, 9.17) is 9.68 Å². The number of hydrogen-bond acceptors (Lipinski definition) is 6. The van der Waals surface area contributed by atoms with E-state index in [1.54, 1.807) is 37.3 Å². The number of carbonyl (C=O) groups is 2. The molecular formula is C29H25F3N4O3. The van der Waals surface area contributed by atoms with Gasteiger partial charge in [-0.25, -0.2) is 0 Å². The molecule has 1 amide bonds. The highest BCUT2D eigenvalue weighted by Gasteiger charge is 2.29. The number of fused-ring (bicyclic) bond motifs is 1. The lowest BCUT2D eigenvalue weighted by molar-refractivity contribution is -0.115. The summed E-state index contributed by atoms with van der Waals surface area (Å²) in [5, 5.41) is 14.3. The van der Waals surface area contributed by atoms with E-state index in [1.807, 2.05) is 25.1 Å². The number of amides is 1. The number of nitrogens with zero attached hydrogens (tertiary/aromatic N) is 2. The third-order valence-electron chi connectivity index (χ3n) is 6.11. The summed E-state index contributed by atoms with van der Waals surface area (Å²) in [6, 6.07) is 17.2. The number of anilines is 1. The van der Waals surface area contributed by atoms with Crippen molar-refractivity contribution in [2.45, 2.75) is 26.4 Å². The van der Waals surface area contributed by atoms with Crippen molar-refractivity contribution in [2.24, 2.45) is 5.92 Å². The van der Waals surface area contributed by atoms with Crippen LogP contribution < -0.4 is 10.6 Å². The second-order valence-electron chi connectivity index (χ2n) is 9.20. The van der Waals surface area contributed by atoms with Gasteiger partial charge >= 0.3 is 6.18 Å². The standard InChI is InChI=1S/C29H25F3N4O3/c1-16-7-9-18(10-8-16)25-24(27(38)34-3)22-13-21(26(36-28(22)39-25)35-15-29(30,31)32)19-5-4-6-20(12-19)23(37)11-17(2)14-33/h4-10,12-13,17H,11,15H2,1-3H3,(H,34,38)(H,35,36). The number of nitrogens with one attached hydrogen (secondary N) is 2. The number of Topliss-reactive ketones (excluding diaryl/α,β-unsaturated/α-hetero) is 1.